The maximum Gasteiger partial charge on any atom is 4.00 e. The van der Waals surface area contributed by atoms with Crippen LogP contribution in [0.3, 0.4) is 0 Å². The predicted molar refractivity (Wildman–Crippen MR) is 328 cm³/mol. The van der Waals surface area contributed by atoms with Crippen LogP contribution in [0.25, 0.3) is 0 Å². The van der Waals surface area contributed by atoms with Gasteiger partial charge >= 0.3 is 63.2 Å². The zero-order chi connectivity index (χ0) is 54.9. The van der Waals surface area contributed by atoms with Crippen molar-refractivity contribution in [3.8, 4) is 0 Å². The molecule has 0 heterocycles. The van der Waals surface area contributed by atoms with E-state index in [-0.39, 0.29) is 63.2 Å². The zero-order valence-corrected chi connectivity index (χ0v) is 58.4. The van der Waals surface area contributed by atoms with Crippen LogP contribution in [-0.2, 0) is 199 Å². The van der Waals surface area contributed by atoms with Gasteiger partial charge in [0.25, 0.3) is 0 Å². The molecule has 0 N–H and O–H groups in total. The van der Waals surface area contributed by atoms with E-state index in [1.165, 1.54) is 0 Å². The Morgan fingerprint density at radius 2 is 0.291 bits per heavy atom. The Morgan fingerprint density at radius 3 is 0.367 bits per heavy atom. The quantitative estimate of drug-likeness (QED) is 0.0521. The first-order valence-corrected chi connectivity index (χ1v) is 42.6. The molecule has 0 aliphatic rings. The van der Waals surface area contributed by atoms with Crippen LogP contribution in [0.5, 0.6) is 0 Å². The van der Waals surface area contributed by atoms with E-state index in [9.17, 15) is 39.1 Å². The molecule has 0 atom stereocenters. The topological polar surface area (TPSA) is 184 Å². The fourth-order valence-electron chi connectivity index (χ4n) is 6.97. The first-order chi connectivity index (χ1) is 36.2. The Bertz CT molecular complexity index is 2560. The van der Waals surface area contributed by atoms with E-state index in [4.69, 9.17) is 49.0 Å². The monoisotopic (exact) mass is 1530 g/mol. The van der Waals surface area contributed by atoms with Crippen LogP contribution >= 0.6 is 22.8 Å². The van der Waals surface area contributed by atoms with Gasteiger partial charge in [-0.05, 0) is 44.5 Å². The zero-order valence-electron chi connectivity index (χ0n) is 42.3. The summed E-state index contributed by atoms with van der Waals surface area (Å²) in [6.07, 6.45) is 0. The average Bonchev–Trinajstić information content (AvgIpc) is 3.41. The van der Waals surface area contributed by atoms with Crippen LogP contribution in [0.4, 0.5) is 0 Å². The smallest absolute Gasteiger partial charge is 0.854 e. The van der Waals surface area contributed by atoms with Gasteiger partial charge in [-0.3, -0.25) is 0 Å². The summed E-state index contributed by atoms with van der Waals surface area (Å²) in [6.45, 7) is 0. The number of hydrogen-bond acceptors (Lipinski definition) is 12. The SMILES string of the molecule is [Mo+4].[Mo+4].[Mo+4].[O-]P([O-])([S-])=S(Cc1ccccc1)Cc1ccccc1.[O-]P([O-])([S-])=S(Cc1ccccc1)Cc1ccccc1.[O-]P([O-])([S-])=S(Cc1ccccc1)Cc1ccccc1.[O-]P([O-])([S-])=S(Cc1ccccc1)Cc1ccccc1. The van der Waals surface area contributed by atoms with Crippen molar-refractivity contribution < 1.29 is 102 Å². The molecule has 8 nitrogen and oxygen atoms in total. The van der Waals surface area contributed by atoms with Crippen LogP contribution in [0.1, 0.15) is 44.5 Å². The minimum absolute atomic E-state index is 0. The van der Waals surface area contributed by atoms with Gasteiger partial charge in [-0.2, -0.15) is 0 Å². The second-order valence-corrected chi connectivity index (χ2v) is 46.8. The molecule has 0 aromatic heterocycles. The molecular weight excluding hydrogens is 1470 g/mol. The summed E-state index contributed by atoms with van der Waals surface area (Å²) >= 11 is 18.9. The summed E-state index contributed by atoms with van der Waals surface area (Å²) in [6, 6.07) is 77.0. The van der Waals surface area contributed by atoms with E-state index in [1.54, 1.807) is 0 Å². The van der Waals surface area contributed by atoms with Crippen molar-refractivity contribution in [3.05, 3.63) is 287 Å². The van der Waals surface area contributed by atoms with Crippen LogP contribution in [0, 0.1) is 0 Å². The van der Waals surface area contributed by atoms with E-state index in [2.05, 4.69) is 0 Å². The summed E-state index contributed by atoms with van der Waals surface area (Å²) in [4.78, 5) is 94.4. The maximum atomic E-state index is 11.8. The molecule has 23 heteroatoms. The second kappa shape index (κ2) is 39.7. The molecule has 0 saturated heterocycles. The number of benzene rings is 8. The molecular formula is C56H56Mo3O8P4S8. The maximum absolute atomic E-state index is 11.8. The van der Waals surface area contributed by atoms with E-state index in [0.29, 0.717) is 46.0 Å². The standard InChI is InChI=1S/4C14H14O2PS2.3Mo/c4*15-17(16,18)19(11-13-7-3-1-4-8-13)12-14-9-5-2-6-10-14;;;/h4*1-10H,11-12H2;;;/q4*-3;3*+4. The summed E-state index contributed by atoms with van der Waals surface area (Å²) in [5.41, 5.74) is -6.85. The van der Waals surface area contributed by atoms with E-state index in [1.807, 2.05) is 243 Å². The molecule has 8 aromatic rings. The third-order valence-corrected chi connectivity index (χ3v) is 36.8. The van der Waals surface area contributed by atoms with Crippen LogP contribution in [0.2, 0.25) is 0 Å². The Kier molecular flexibility index (Phi) is 37.7. The summed E-state index contributed by atoms with van der Waals surface area (Å²) in [5.74, 6) is 4.00. The first kappa shape index (κ1) is 75.1. The van der Waals surface area contributed by atoms with Gasteiger partial charge in [-0.1, -0.05) is 243 Å². The van der Waals surface area contributed by atoms with Crippen molar-refractivity contribution in [3.63, 3.8) is 0 Å². The molecule has 0 spiro atoms. The van der Waals surface area contributed by atoms with E-state index >= 15 is 0 Å². The summed E-state index contributed by atoms with van der Waals surface area (Å²) in [7, 11) is -3.32. The Hall–Kier alpha value is 0.0249. The van der Waals surface area contributed by atoms with Gasteiger partial charge in [0.05, 0.1) is 0 Å². The molecule has 0 unspecified atom stereocenters. The number of rotatable bonds is 16. The third kappa shape index (κ3) is 31.3. The molecule has 414 valence electrons. The molecule has 79 heavy (non-hydrogen) atoms. The molecule has 0 saturated carbocycles. The molecule has 0 aliphatic heterocycles. The summed E-state index contributed by atoms with van der Waals surface area (Å²) in [5, 5.41) is 0. The fraction of sp³-hybridized carbons (Fsp3) is 0.143. The van der Waals surface area contributed by atoms with Gasteiger partial charge in [-0.25, -0.2) is 40.3 Å². The molecule has 0 fully saturated rings. The minimum Gasteiger partial charge on any atom is -0.854 e. The first-order valence-electron chi connectivity index (χ1n) is 23.3. The van der Waals surface area contributed by atoms with Crippen LogP contribution in [-0.4, -0.2) is 0 Å². The van der Waals surface area contributed by atoms with Crippen molar-refractivity contribution in [1.29, 1.82) is 0 Å². The minimum atomic E-state index is -3.75. The fourth-order valence-corrected chi connectivity index (χ4v) is 24.4. The average molecular weight is 1530 g/mol. The molecule has 0 amide bonds. The van der Waals surface area contributed by atoms with Gasteiger partial charge in [-0.15, -0.1) is 0 Å². The van der Waals surface area contributed by atoms with Gasteiger partial charge < -0.3 is 111 Å². The van der Waals surface area contributed by atoms with Crippen LogP contribution < -0.4 is 39.1 Å². The largest absolute Gasteiger partial charge is 4.00 e. The van der Waals surface area contributed by atoms with Crippen molar-refractivity contribution in [2.24, 2.45) is 0 Å². The third-order valence-electron chi connectivity index (χ3n) is 10.7. The van der Waals surface area contributed by atoms with Crippen molar-refractivity contribution in [2.45, 2.75) is 46.0 Å². The Morgan fingerprint density at radius 1 is 0.203 bits per heavy atom. The van der Waals surface area contributed by atoms with Crippen molar-refractivity contribution in [2.75, 3.05) is 0 Å². The van der Waals surface area contributed by atoms with Crippen molar-refractivity contribution in [1.82, 2.24) is 0 Å². The van der Waals surface area contributed by atoms with Gasteiger partial charge in [0, 0.05) is 46.0 Å². The second-order valence-electron chi connectivity index (χ2n) is 16.7. The predicted octanol–water partition coefficient (Wildman–Crippen LogP) is 7.79. The Labute approximate surface area is 541 Å². The molecule has 0 radical (unpaired) electrons. The van der Waals surface area contributed by atoms with Gasteiger partial charge in [0.1, 0.15) is 0 Å². The molecule has 0 aliphatic carbocycles. The molecule has 8 rings (SSSR count). The van der Waals surface area contributed by atoms with Crippen LogP contribution in [0.15, 0.2) is 243 Å². The van der Waals surface area contributed by atoms with Crippen molar-refractivity contribution >= 4 is 112 Å². The van der Waals surface area contributed by atoms with E-state index in [0.717, 1.165) is 44.5 Å². The Balaban J connectivity index is 0.000000356. The van der Waals surface area contributed by atoms with E-state index < -0.39 is 63.1 Å². The van der Waals surface area contributed by atoms with Gasteiger partial charge in [0.2, 0.25) is 0 Å². The normalized spacial score (nSPS) is 11.3. The molecule has 0 bridgehead atoms. The van der Waals surface area contributed by atoms with Gasteiger partial charge in [0.15, 0.2) is 0 Å². The molecule has 8 aromatic carbocycles. The summed E-state index contributed by atoms with van der Waals surface area (Å²) < 4.78 is 0. The number of hydrogen-bond donors (Lipinski definition) is 0.